The van der Waals surface area contributed by atoms with Crippen molar-refractivity contribution >= 4 is 5.97 Å². The molecule has 1 aliphatic carbocycles. The third kappa shape index (κ3) is 5.65. The molecule has 1 saturated carbocycles. The first kappa shape index (κ1) is 15.2. The maximum absolute atomic E-state index is 11.2. The molecule has 18 heavy (non-hydrogen) atoms. The van der Waals surface area contributed by atoms with E-state index in [1.54, 1.807) is 6.92 Å². The summed E-state index contributed by atoms with van der Waals surface area (Å²) in [6, 6.07) is 0.553. The number of aliphatic hydroxyl groups is 1. The maximum Gasteiger partial charge on any atom is 0.330 e. The Bertz CT molecular complexity index is 260. The van der Waals surface area contributed by atoms with Gasteiger partial charge >= 0.3 is 5.97 Å². The minimum Gasteiger partial charge on any atom is -0.463 e. The topological polar surface area (TPSA) is 49.8 Å². The number of carbonyl (C=O) groups is 1. The Morgan fingerprint density at radius 3 is 2.72 bits per heavy atom. The predicted octanol–water partition coefficient (Wildman–Crippen LogP) is 1.73. The second-order valence-electron chi connectivity index (χ2n) is 4.66. The van der Waals surface area contributed by atoms with Gasteiger partial charge in [-0.1, -0.05) is 25.3 Å². The van der Waals surface area contributed by atoms with Crippen molar-refractivity contribution in [3.8, 4) is 0 Å². The Hall–Kier alpha value is -0.870. The third-order valence-corrected chi connectivity index (χ3v) is 3.36. The normalized spacial score (nSPS) is 17.5. The van der Waals surface area contributed by atoms with Gasteiger partial charge in [-0.15, -0.1) is 0 Å². The van der Waals surface area contributed by atoms with Gasteiger partial charge in [-0.2, -0.15) is 0 Å². The minimum atomic E-state index is -0.287. The average Bonchev–Trinajstić information content (AvgIpc) is 2.39. The van der Waals surface area contributed by atoms with E-state index in [2.05, 4.69) is 4.90 Å². The summed E-state index contributed by atoms with van der Waals surface area (Å²) in [7, 11) is 0. The van der Waals surface area contributed by atoms with Crippen LogP contribution in [0, 0.1) is 0 Å². The van der Waals surface area contributed by atoms with Crippen LogP contribution in [-0.4, -0.2) is 48.3 Å². The molecule has 0 radical (unpaired) electrons. The molecule has 4 nitrogen and oxygen atoms in total. The molecule has 0 spiro atoms. The molecular formula is C14H25NO3. The van der Waals surface area contributed by atoms with Crippen LogP contribution in [0.3, 0.4) is 0 Å². The van der Waals surface area contributed by atoms with E-state index in [0.717, 1.165) is 0 Å². The summed E-state index contributed by atoms with van der Waals surface area (Å²) in [5.74, 6) is -0.287. The molecule has 104 valence electrons. The molecule has 4 heteroatoms. The summed E-state index contributed by atoms with van der Waals surface area (Å²) in [6.45, 7) is 3.77. The lowest BCUT2D eigenvalue weighted by molar-refractivity contribution is -0.137. The Kier molecular flexibility index (Phi) is 7.69. The number of hydrogen-bond acceptors (Lipinski definition) is 4. The molecule has 0 aromatic rings. The van der Waals surface area contributed by atoms with E-state index < -0.39 is 0 Å². The number of ether oxygens (including phenoxy) is 1. The van der Waals surface area contributed by atoms with Gasteiger partial charge in [0.15, 0.2) is 0 Å². The molecule has 1 aliphatic rings. The first-order valence-electron chi connectivity index (χ1n) is 6.96. The van der Waals surface area contributed by atoms with Gasteiger partial charge < -0.3 is 9.84 Å². The van der Waals surface area contributed by atoms with Crippen LogP contribution in [0.1, 0.15) is 39.0 Å². The van der Waals surface area contributed by atoms with Gasteiger partial charge in [0, 0.05) is 25.2 Å². The lowest BCUT2D eigenvalue weighted by atomic mass is 9.94. The van der Waals surface area contributed by atoms with Crippen molar-refractivity contribution in [2.24, 2.45) is 0 Å². The molecule has 1 fully saturated rings. The number of hydrogen-bond donors (Lipinski definition) is 1. The minimum absolute atomic E-state index is 0.170. The highest BCUT2D eigenvalue weighted by molar-refractivity contribution is 5.81. The lowest BCUT2D eigenvalue weighted by Crippen LogP contribution is -2.38. The molecule has 0 bridgehead atoms. The molecule has 0 aromatic heterocycles. The monoisotopic (exact) mass is 255 g/mol. The molecule has 0 unspecified atom stereocenters. The Morgan fingerprint density at radius 2 is 2.11 bits per heavy atom. The van der Waals surface area contributed by atoms with E-state index >= 15 is 0 Å². The van der Waals surface area contributed by atoms with Gasteiger partial charge in [-0.3, -0.25) is 4.90 Å². The number of carbonyl (C=O) groups excluding carboxylic acids is 1. The van der Waals surface area contributed by atoms with Crippen LogP contribution in [0.15, 0.2) is 12.2 Å². The van der Waals surface area contributed by atoms with Crippen molar-refractivity contribution in [1.29, 1.82) is 0 Å². The van der Waals surface area contributed by atoms with Crippen LogP contribution in [0.5, 0.6) is 0 Å². The average molecular weight is 255 g/mol. The second-order valence-corrected chi connectivity index (χ2v) is 4.66. The highest BCUT2D eigenvalue weighted by Gasteiger charge is 2.19. The smallest absolute Gasteiger partial charge is 0.330 e. The van der Waals surface area contributed by atoms with Crippen LogP contribution >= 0.6 is 0 Å². The van der Waals surface area contributed by atoms with E-state index in [-0.39, 0.29) is 12.6 Å². The van der Waals surface area contributed by atoms with Crippen molar-refractivity contribution < 1.29 is 14.6 Å². The van der Waals surface area contributed by atoms with Gasteiger partial charge in [-0.25, -0.2) is 4.79 Å². The highest BCUT2D eigenvalue weighted by Crippen LogP contribution is 2.22. The summed E-state index contributed by atoms with van der Waals surface area (Å²) >= 11 is 0. The summed E-state index contributed by atoms with van der Waals surface area (Å²) in [5.41, 5.74) is 0. The standard InChI is InChI=1S/C14H25NO3/c1-2-18-14(17)9-6-10-15(11-12-16)13-7-4-3-5-8-13/h6,9,13,16H,2-5,7-8,10-12H2,1H3/b9-6+. The fourth-order valence-corrected chi connectivity index (χ4v) is 2.47. The SMILES string of the molecule is CCOC(=O)/C=C/CN(CCO)C1CCCCC1. The first-order valence-corrected chi connectivity index (χ1v) is 6.96. The summed E-state index contributed by atoms with van der Waals surface area (Å²) in [6.07, 6.45) is 9.59. The number of rotatable bonds is 7. The zero-order chi connectivity index (χ0) is 13.2. The molecule has 0 heterocycles. The molecule has 0 atom stereocenters. The second kappa shape index (κ2) is 9.11. The van der Waals surface area contributed by atoms with Gasteiger partial charge in [0.2, 0.25) is 0 Å². The van der Waals surface area contributed by atoms with E-state index in [4.69, 9.17) is 9.84 Å². The largest absolute Gasteiger partial charge is 0.463 e. The quantitative estimate of drug-likeness (QED) is 0.556. The molecular weight excluding hydrogens is 230 g/mol. The predicted molar refractivity (Wildman–Crippen MR) is 71.3 cm³/mol. The van der Waals surface area contributed by atoms with Crippen LogP contribution < -0.4 is 0 Å². The highest BCUT2D eigenvalue weighted by atomic mass is 16.5. The number of nitrogens with zero attached hydrogens (tertiary/aromatic N) is 1. The lowest BCUT2D eigenvalue weighted by Gasteiger charge is -2.33. The zero-order valence-corrected chi connectivity index (χ0v) is 11.3. The summed E-state index contributed by atoms with van der Waals surface area (Å²) < 4.78 is 4.84. The number of aliphatic hydroxyl groups excluding tert-OH is 1. The Labute approximate surface area is 110 Å². The molecule has 0 amide bonds. The fourth-order valence-electron chi connectivity index (χ4n) is 2.47. The van der Waals surface area contributed by atoms with Gasteiger partial charge in [0.1, 0.15) is 0 Å². The molecule has 0 aliphatic heterocycles. The van der Waals surface area contributed by atoms with Gasteiger partial charge in [0.05, 0.1) is 13.2 Å². The Balaban J connectivity index is 2.39. The molecule has 1 N–H and O–H groups in total. The van der Waals surface area contributed by atoms with Crippen molar-refractivity contribution in [2.75, 3.05) is 26.3 Å². The zero-order valence-electron chi connectivity index (χ0n) is 11.3. The van der Waals surface area contributed by atoms with E-state index in [1.165, 1.54) is 38.2 Å². The van der Waals surface area contributed by atoms with Crippen LogP contribution in [0.2, 0.25) is 0 Å². The fraction of sp³-hybridized carbons (Fsp3) is 0.786. The van der Waals surface area contributed by atoms with Crippen molar-refractivity contribution in [1.82, 2.24) is 4.90 Å². The van der Waals surface area contributed by atoms with Crippen molar-refractivity contribution in [2.45, 2.75) is 45.1 Å². The van der Waals surface area contributed by atoms with Gasteiger partial charge in [0.25, 0.3) is 0 Å². The molecule has 1 rings (SSSR count). The summed E-state index contributed by atoms with van der Waals surface area (Å²) in [4.78, 5) is 13.4. The maximum atomic E-state index is 11.2. The van der Waals surface area contributed by atoms with E-state index in [0.29, 0.717) is 25.7 Å². The van der Waals surface area contributed by atoms with Gasteiger partial charge in [-0.05, 0) is 19.8 Å². The molecule has 0 saturated heterocycles. The van der Waals surface area contributed by atoms with Crippen LogP contribution in [-0.2, 0) is 9.53 Å². The van der Waals surface area contributed by atoms with Crippen molar-refractivity contribution in [3.05, 3.63) is 12.2 Å². The van der Waals surface area contributed by atoms with E-state index in [1.807, 2.05) is 6.08 Å². The van der Waals surface area contributed by atoms with Crippen LogP contribution in [0.25, 0.3) is 0 Å². The number of esters is 1. The summed E-state index contributed by atoms with van der Waals surface area (Å²) in [5, 5.41) is 9.10. The first-order chi connectivity index (χ1) is 8.77. The van der Waals surface area contributed by atoms with Crippen LogP contribution in [0.4, 0.5) is 0 Å². The van der Waals surface area contributed by atoms with E-state index in [9.17, 15) is 4.79 Å². The Morgan fingerprint density at radius 1 is 1.39 bits per heavy atom. The molecule has 0 aromatic carbocycles. The van der Waals surface area contributed by atoms with Crippen molar-refractivity contribution in [3.63, 3.8) is 0 Å². The third-order valence-electron chi connectivity index (χ3n) is 3.36.